The summed E-state index contributed by atoms with van der Waals surface area (Å²) in [5.74, 6) is 1.70. The maximum Gasteiger partial charge on any atom is 0.133 e. The number of rotatable bonds is 1. The molecule has 2 rings (SSSR count). The highest BCUT2D eigenvalue weighted by atomic mass is 16.3. The van der Waals surface area contributed by atoms with E-state index in [1.165, 1.54) is 0 Å². The summed E-state index contributed by atoms with van der Waals surface area (Å²) in [5, 5.41) is 10.2. The molecule has 0 bridgehead atoms. The van der Waals surface area contributed by atoms with E-state index < -0.39 is 5.60 Å². The lowest BCUT2D eigenvalue weighted by Crippen LogP contribution is -2.32. The predicted octanol–water partition coefficient (Wildman–Crippen LogP) is 1.76. The third-order valence-corrected chi connectivity index (χ3v) is 3.95. The minimum Gasteiger partial charge on any atom is -0.390 e. The Labute approximate surface area is 79.3 Å². The van der Waals surface area contributed by atoms with Crippen molar-refractivity contribution >= 4 is 5.78 Å². The Hall–Kier alpha value is -0.370. The summed E-state index contributed by atoms with van der Waals surface area (Å²) in [6.07, 6.45) is 3.14. The molecule has 2 aliphatic rings. The van der Waals surface area contributed by atoms with Gasteiger partial charge in [0.05, 0.1) is 5.60 Å². The second kappa shape index (κ2) is 2.81. The van der Waals surface area contributed by atoms with E-state index in [-0.39, 0.29) is 0 Å². The van der Waals surface area contributed by atoms with E-state index in [1.54, 1.807) is 0 Å². The quantitative estimate of drug-likeness (QED) is 0.671. The molecule has 2 fully saturated rings. The molecule has 2 heteroatoms. The van der Waals surface area contributed by atoms with Gasteiger partial charge in [0.15, 0.2) is 0 Å². The largest absolute Gasteiger partial charge is 0.390 e. The van der Waals surface area contributed by atoms with Gasteiger partial charge in [-0.1, -0.05) is 13.8 Å². The Bertz CT molecular complexity index is 216. The van der Waals surface area contributed by atoms with Crippen LogP contribution in [0.25, 0.3) is 0 Å². The first-order valence-electron chi connectivity index (χ1n) is 5.25. The molecular formula is C11H18O2. The predicted molar refractivity (Wildman–Crippen MR) is 50.2 cm³/mol. The van der Waals surface area contributed by atoms with E-state index in [1.807, 2.05) is 0 Å². The van der Waals surface area contributed by atoms with Crippen LogP contribution in [0.5, 0.6) is 0 Å². The summed E-state index contributed by atoms with van der Waals surface area (Å²) in [6, 6.07) is 0. The zero-order valence-electron chi connectivity index (χ0n) is 8.42. The van der Waals surface area contributed by atoms with Crippen molar-refractivity contribution < 1.29 is 9.90 Å². The van der Waals surface area contributed by atoms with Crippen LogP contribution in [0.3, 0.4) is 0 Å². The summed E-state index contributed by atoms with van der Waals surface area (Å²) in [6.45, 7) is 4.14. The highest BCUT2D eigenvalue weighted by Crippen LogP contribution is 2.49. The maximum atomic E-state index is 11.2. The normalized spacial score (nSPS) is 44.5. The lowest BCUT2D eigenvalue weighted by atomic mass is 9.86. The SMILES string of the molecule is CC(C)C1(O)C[C@H]2CC(=O)C[C@H]2C1. The van der Waals surface area contributed by atoms with Gasteiger partial charge in [0.25, 0.3) is 0 Å². The van der Waals surface area contributed by atoms with Crippen molar-refractivity contribution in [2.45, 2.75) is 45.1 Å². The van der Waals surface area contributed by atoms with Crippen molar-refractivity contribution in [2.75, 3.05) is 0 Å². The average Bonchev–Trinajstić information content (AvgIpc) is 2.42. The standard InChI is InChI=1S/C11H18O2/c1-7(2)11(13)5-8-3-10(12)4-9(8)6-11/h7-9,13H,3-6H2,1-2H3/t8-,9+,11?. The van der Waals surface area contributed by atoms with Crippen LogP contribution in [-0.2, 0) is 4.79 Å². The van der Waals surface area contributed by atoms with E-state index in [2.05, 4.69) is 13.8 Å². The Morgan fingerprint density at radius 2 is 1.77 bits per heavy atom. The van der Waals surface area contributed by atoms with Crippen molar-refractivity contribution in [3.05, 3.63) is 0 Å². The van der Waals surface area contributed by atoms with Crippen LogP contribution in [0.2, 0.25) is 0 Å². The van der Waals surface area contributed by atoms with Crippen molar-refractivity contribution in [1.82, 2.24) is 0 Å². The van der Waals surface area contributed by atoms with Gasteiger partial charge in [-0.3, -0.25) is 4.79 Å². The van der Waals surface area contributed by atoms with Crippen LogP contribution in [-0.4, -0.2) is 16.5 Å². The number of hydrogen-bond donors (Lipinski definition) is 1. The number of carbonyl (C=O) groups excluding carboxylic acids is 1. The summed E-state index contributed by atoms with van der Waals surface area (Å²) >= 11 is 0. The van der Waals surface area contributed by atoms with E-state index in [0.717, 1.165) is 25.7 Å². The number of aliphatic hydroxyl groups is 1. The molecule has 1 unspecified atom stereocenters. The third kappa shape index (κ3) is 1.41. The molecule has 2 saturated carbocycles. The number of fused-ring (bicyclic) bond motifs is 1. The molecule has 0 aliphatic heterocycles. The number of ketones is 1. The van der Waals surface area contributed by atoms with Gasteiger partial charge in [0, 0.05) is 12.8 Å². The van der Waals surface area contributed by atoms with Gasteiger partial charge in [-0.2, -0.15) is 0 Å². The van der Waals surface area contributed by atoms with E-state index >= 15 is 0 Å². The molecule has 0 heterocycles. The topological polar surface area (TPSA) is 37.3 Å². The smallest absolute Gasteiger partial charge is 0.133 e. The molecule has 74 valence electrons. The summed E-state index contributed by atoms with van der Waals surface area (Å²) < 4.78 is 0. The molecule has 2 aliphatic carbocycles. The molecule has 0 spiro atoms. The fraction of sp³-hybridized carbons (Fsp3) is 0.909. The maximum absolute atomic E-state index is 11.2. The molecule has 3 atom stereocenters. The number of carbonyl (C=O) groups is 1. The fourth-order valence-corrected chi connectivity index (χ4v) is 2.94. The van der Waals surface area contributed by atoms with Crippen molar-refractivity contribution in [3.8, 4) is 0 Å². The van der Waals surface area contributed by atoms with Crippen LogP contribution in [0.4, 0.5) is 0 Å². The molecule has 0 aromatic carbocycles. The van der Waals surface area contributed by atoms with Gasteiger partial charge in [-0.05, 0) is 30.6 Å². The molecule has 0 aromatic heterocycles. The molecule has 0 radical (unpaired) electrons. The van der Waals surface area contributed by atoms with Gasteiger partial charge in [0.1, 0.15) is 5.78 Å². The summed E-state index contributed by atoms with van der Waals surface area (Å²) in [5.41, 5.74) is -0.476. The average molecular weight is 182 g/mol. The van der Waals surface area contributed by atoms with Crippen LogP contribution in [0.15, 0.2) is 0 Å². The number of hydrogen-bond acceptors (Lipinski definition) is 2. The Balaban J connectivity index is 2.08. The van der Waals surface area contributed by atoms with Gasteiger partial charge in [-0.15, -0.1) is 0 Å². The summed E-state index contributed by atoms with van der Waals surface area (Å²) in [7, 11) is 0. The van der Waals surface area contributed by atoms with E-state index in [0.29, 0.717) is 23.5 Å². The molecule has 0 aromatic rings. The Morgan fingerprint density at radius 3 is 2.15 bits per heavy atom. The van der Waals surface area contributed by atoms with Gasteiger partial charge in [-0.25, -0.2) is 0 Å². The third-order valence-electron chi connectivity index (χ3n) is 3.95. The van der Waals surface area contributed by atoms with Gasteiger partial charge < -0.3 is 5.11 Å². The lowest BCUT2D eigenvalue weighted by molar-refractivity contribution is -0.118. The molecule has 0 saturated heterocycles. The molecule has 2 nitrogen and oxygen atoms in total. The van der Waals surface area contributed by atoms with Crippen LogP contribution < -0.4 is 0 Å². The molecule has 13 heavy (non-hydrogen) atoms. The first kappa shape index (κ1) is 9.20. The zero-order chi connectivity index (χ0) is 9.64. The second-order valence-electron chi connectivity index (χ2n) is 5.13. The van der Waals surface area contributed by atoms with Crippen molar-refractivity contribution in [1.29, 1.82) is 0 Å². The minimum atomic E-state index is -0.476. The van der Waals surface area contributed by atoms with Crippen LogP contribution in [0.1, 0.15) is 39.5 Å². The zero-order valence-corrected chi connectivity index (χ0v) is 8.42. The lowest BCUT2D eigenvalue weighted by Gasteiger charge is -2.28. The molecule has 0 amide bonds. The van der Waals surface area contributed by atoms with Crippen molar-refractivity contribution in [3.63, 3.8) is 0 Å². The van der Waals surface area contributed by atoms with E-state index in [9.17, 15) is 9.90 Å². The highest BCUT2D eigenvalue weighted by molar-refractivity contribution is 5.81. The Kier molecular flexibility index (Phi) is 1.99. The fourth-order valence-electron chi connectivity index (χ4n) is 2.94. The first-order valence-corrected chi connectivity index (χ1v) is 5.25. The monoisotopic (exact) mass is 182 g/mol. The highest BCUT2D eigenvalue weighted by Gasteiger charge is 2.49. The van der Waals surface area contributed by atoms with Gasteiger partial charge >= 0.3 is 0 Å². The number of Topliss-reactive ketones (excluding diaryl/α,β-unsaturated/α-hetero) is 1. The second-order valence-corrected chi connectivity index (χ2v) is 5.13. The van der Waals surface area contributed by atoms with Crippen molar-refractivity contribution in [2.24, 2.45) is 17.8 Å². The van der Waals surface area contributed by atoms with E-state index in [4.69, 9.17) is 0 Å². The first-order chi connectivity index (χ1) is 6.01. The van der Waals surface area contributed by atoms with Crippen LogP contribution in [0, 0.1) is 17.8 Å². The molecule has 1 N–H and O–H groups in total. The molecular weight excluding hydrogens is 164 g/mol. The Morgan fingerprint density at radius 1 is 1.31 bits per heavy atom. The van der Waals surface area contributed by atoms with Gasteiger partial charge in [0.2, 0.25) is 0 Å². The van der Waals surface area contributed by atoms with Crippen LogP contribution >= 0.6 is 0 Å². The summed E-state index contributed by atoms with van der Waals surface area (Å²) in [4.78, 5) is 11.2. The minimum absolute atomic E-state index is 0.327.